The topological polar surface area (TPSA) is 34.0 Å². The molecule has 1 amide bonds. The molecule has 0 saturated carbocycles. The first kappa shape index (κ1) is 8.47. The molecule has 0 unspecified atom stereocenters. The molecule has 0 radical (unpaired) electrons. The van der Waals surface area contributed by atoms with E-state index in [1.165, 1.54) is 6.07 Å². The van der Waals surface area contributed by atoms with Crippen molar-refractivity contribution < 1.29 is 9.18 Å². The SMILES string of the molecule is O=C1NCCn2c1cc1c(F)cccc12. The summed E-state index contributed by atoms with van der Waals surface area (Å²) >= 11 is 0. The van der Waals surface area contributed by atoms with Gasteiger partial charge in [0.15, 0.2) is 0 Å². The highest BCUT2D eigenvalue weighted by molar-refractivity contribution is 5.99. The zero-order valence-electron chi connectivity index (χ0n) is 7.96. The minimum absolute atomic E-state index is 0.128. The van der Waals surface area contributed by atoms with E-state index in [1.54, 1.807) is 12.1 Å². The molecular formula is C11H9FN2O. The largest absolute Gasteiger partial charge is 0.349 e. The van der Waals surface area contributed by atoms with Gasteiger partial charge in [0.25, 0.3) is 5.91 Å². The predicted molar refractivity (Wildman–Crippen MR) is 54.2 cm³/mol. The average molecular weight is 204 g/mol. The summed E-state index contributed by atoms with van der Waals surface area (Å²) in [6.07, 6.45) is 0. The Hall–Kier alpha value is -1.84. The Bertz CT molecular complexity index is 559. The maximum absolute atomic E-state index is 13.5. The highest BCUT2D eigenvalue weighted by Crippen LogP contribution is 2.23. The number of rotatable bonds is 0. The van der Waals surface area contributed by atoms with Crippen molar-refractivity contribution in [2.45, 2.75) is 6.54 Å². The third-order valence-electron chi connectivity index (χ3n) is 2.75. The lowest BCUT2D eigenvalue weighted by Crippen LogP contribution is -2.34. The highest BCUT2D eigenvalue weighted by Gasteiger charge is 2.20. The molecule has 0 saturated heterocycles. The van der Waals surface area contributed by atoms with E-state index in [0.29, 0.717) is 24.2 Å². The Balaban J connectivity index is 2.40. The van der Waals surface area contributed by atoms with Gasteiger partial charge in [0, 0.05) is 18.5 Å². The van der Waals surface area contributed by atoms with E-state index in [0.717, 1.165) is 5.52 Å². The lowest BCUT2D eigenvalue weighted by molar-refractivity contribution is 0.0929. The summed E-state index contributed by atoms with van der Waals surface area (Å²) < 4.78 is 15.3. The molecule has 1 aromatic heterocycles. The Labute approximate surface area is 85.5 Å². The zero-order valence-corrected chi connectivity index (χ0v) is 7.96. The van der Waals surface area contributed by atoms with Crippen LogP contribution in [0.25, 0.3) is 10.9 Å². The van der Waals surface area contributed by atoms with Gasteiger partial charge in [-0.3, -0.25) is 4.79 Å². The zero-order chi connectivity index (χ0) is 10.4. The number of hydrogen-bond donors (Lipinski definition) is 1. The summed E-state index contributed by atoms with van der Waals surface area (Å²) in [6.45, 7) is 1.31. The van der Waals surface area contributed by atoms with E-state index in [1.807, 2.05) is 10.6 Å². The molecule has 2 heterocycles. The molecule has 0 spiro atoms. The van der Waals surface area contributed by atoms with Crippen molar-refractivity contribution in [2.75, 3.05) is 6.54 Å². The molecule has 1 aliphatic heterocycles. The number of nitrogens with one attached hydrogen (secondary N) is 1. The van der Waals surface area contributed by atoms with Crippen LogP contribution in [0.1, 0.15) is 10.5 Å². The summed E-state index contributed by atoms with van der Waals surface area (Å²) in [5.41, 5.74) is 1.33. The Morgan fingerprint density at radius 2 is 2.27 bits per heavy atom. The molecule has 3 nitrogen and oxygen atoms in total. The first-order valence-electron chi connectivity index (χ1n) is 4.83. The molecular weight excluding hydrogens is 195 g/mol. The van der Waals surface area contributed by atoms with E-state index >= 15 is 0 Å². The first-order valence-corrected chi connectivity index (χ1v) is 4.83. The normalized spacial score (nSPS) is 15.1. The maximum atomic E-state index is 13.5. The fraction of sp³-hybridized carbons (Fsp3) is 0.182. The number of nitrogens with zero attached hydrogens (tertiary/aromatic N) is 1. The molecule has 0 fully saturated rings. The fourth-order valence-electron chi connectivity index (χ4n) is 2.05. The highest BCUT2D eigenvalue weighted by atomic mass is 19.1. The second-order valence-corrected chi connectivity index (χ2v) is 3.61. The van der Waals surface area contributed by atoms with Crippen LogP contribution in [0.5, 0.6) is 0 Å². The van der Waals surface area contributed by atoms with Crippen LogP contribution in [-0.2, 0) is 6.54 Å². The van der Waals surface area contributed by atoms with Gasteiger partial charge in [-0.1, -0.05) is 6.07 Å². The molecule has 3 rings (SSSR count). The standard InChI is InChI=1S/C11H9FN2O/c12-8-2-1-3-9-7(8)6-10-11(15)13-4-5-14(9)10/h1-3,6H,4-5H2,(H,13,15). The summed E-state index contributed by atoms with van der Waals surface area (Å²) in [6, 6.07) is 6.52. The van der Waals surface area contributed by atoms with Crippen molar-refractivity contribution in [1.29, 1.82) is 0 Å². The van der Waals surface area contributed by atoms with Crippen LogP contribution in [-0.4, -0.2) is 17.0 Å². The van der Waals surface area contributed by atoms with Crippen molar-refractivity contribution in [3.8, 4) is 0 Å². The Kier molecular flexibility index (Phi) is 1.59. The maximum Gasteiger partial charge on any atom is 0.268 e. The molecule has 0 atom stereocenters. The van der Waals surface area contributed by atoms with Gasteiger partial charge in [0.05, 0.1) is 5.52 Å². The minimum Gasteiger partial charge on any atom is -0.349 e. The third-order valence-corrected chi connectivity index (χ3v) is 2.75. The van der Waals surface area contributed by atoms with Crippen LogP contribution in [0.15, 0.2) is 24.3 Å². The third kappa shape index (κ3) is 1.08. The fourth-order valence-corrected chi connectivity index (χ4v) is 2.05. The van der Waals surface area contributed by atoms with Crippen LogP contribution in [0.3, 0.4) is 0 Å². The van der Waals surface area contributed by atoms with E-state index in [-0.39, 0.29) is 11.7 Å². The van der Waals surface area contributed by atoms with E-state index < -0.39 is 0 Å². The summed E-state index contributed by atoms with van der Waals surface area (Å²) in [5.74, 6) is -0.404. The predicted octanol–water partition coefficient (Wildman–Crippen LogP) is 1.52. The average Bonchev–Trinajstić information content (AvgIpc) is 2.60. The number of carbonyl (C=O) groups excluding carboxylic acids is 1. The van der Waals surface area contributed by atoms with Crippen molar-refractivity contribution in [3.05, 3.63) is 35.8 Å². The van der Waals surface area contributed by atoms with Crippen LogP contribution in [0, 0.1) is 5.82 Å². The molecule has 4 heteroatoms. The Morgan fingerprint density at radius 3 is 3.13 bits per heavy atom. The van der Waals surface area contributed by atoms with Crippen molar-refractivity contribution >= 4 is 16.8 Å². The van der Waals surface area contributed by atoms with Gasteiger partial charge in [-0.05, 0) is 18.2 Å². The van der Waals surface area contributed by atoms with Crippen LogP contribution in [0.4, 0.5) is 4.39 Å². The summed E-state index contributed by atoms with van der Waals surface area (Å²) in [5, 5.41) is 3.25. The molecule has 0 aliphatic carbocycles. The van der Waals surface area contributed by atoms with E-state index in [4.69, 9.17) is 0 Å². The van der Waals surface area contributed by atoms with E-state index in [2.05, 4.69) is 5.32 Å². The van der Waals surface area contributed by atoms with Crippen LogP contribution in [0.2, 0.25) is 0 Å². The summed E-state index contributed by atoms with van der Waals surface area (Å²) in [7, 11) is 0. The number of amides is 1. The van der Waals surface area contributed by atoms with Crippen LogP contribution < -0.4 is 5.32 Å². The number of aromatic nitrogens is 1. The van der Waals surface area contributed by atoms with Gasteiger partial charge in [-0.15, -0.1) is 0 Å². The van der Waals surface area contributed by atoms with Crippen molar-refractivity contribution in [1.82, 2.24) is 9.88 Å². The second kappa shape index (κ2) is 2.82. The number of hydrogen-bond acceptors (Lipinski definition) is 1. The molecule has 1 aromatic carbocycles. The quantitative estimate of drug-likeness (QED) is 0.693. The van der Waals surface area contributed by atoms with Gasteiger partial charge in [0.2, 0.25) is 0 Å². The number of benzene rings is 1. The first-order chi connectivity index (χ1) is 7.27. The van der Waals surface area contributed by atoms with Gasteiger partial charge in [0.1, 0.15) is 11.5 Å². The monoisotopic (exact) mass is 204 g/mol. The number of halogens is 1. The van der Waals surface area contributed by atoms with Crippen molar-refractivity contribution in [3.63, 3.8) is 0 Å². The van der Waals surface area contributed by atoms with E-state index in [9.17, 15) is 9.18 Å². The van der Waals surface area contributed by atoms with Crippen molar-refractivity contribution in [2.24, 2.45) is 0 Å². The van der Waals surface area contributed by atoms with Gasteiger partial charge >= 0.3 is 0 Å². The molecule has 0 bridgehead atoms. The van der Waals surface area contributed by atoms with Crippen LogP contribution >= 0.6 is 0 Å². The summed E-state index contributed by atoms with van der Waals surface area (Å²) in [4.78, 5) is 11.5. The molecule has 15 heavy (non-hydrogen) atoms. The lowest BCUT2D eigenvalue weighted by atomic mass is 10.2. The number of carbonyl (C=O) groups is 1. The molecule has 1 N–H and O–H groups in total. The molecule has 2 aromatic rings. The smallest absolute Gasteiger partial charge is 0.268 e. The van der Waals surface area contributed by atoms with Gasteiger partial charge in [-0.25, -0.2) is 4.39 Å². The Morgan fingerprint density at radius 1 is 1.40 bits per heavy atom. The number of fused-ring (bicyclic) bond motifs is 3. The van der Waals surface area contributed by atoms with Gasteiger partial charge < -0.3 is 9.88 Å². The molecule has 1 aliphatic rings. The molecule has 76 valence electrons. The second-order valence-electron chi connectivity index (χ2n) is 3.61. The lowest BCUT2D eigenvalue weighted by Gasteiger charge is -2.16. The van der Waals surface area contributed by atoms with Gasteiger partial charge in [-0.2, -0.15) is 0 Å². The minimum atomic E-state index is -0.276.